The molecule has 4 rings (SSSR count). The summed E-state index contributed by atoms with van der Waals surface area (Å²) in [7, 11) is 0. The van der Waals surface area contributed by atoms with Gasteiger partial charge in [-0.3, -0.25) is 9.59 Å². The molecule has 0 aliphatic rings. The molecule has 33 heavy (non-hydrogen) atoms. The van der Waals surface area contributed by atoms with E-state index >= 15 is 0 Å². The smallest absolute Gasteiger partial charge is 0.298 e. The summed E-state index contributed by atoms with van der Waals surface area (Å²) in [6.07, 6.45) is 3.17. The summed E-state index contributed by atoms with van der Waals surface area (Å²) in [5.41, 5.74) is 2.59. The number of hydrogen-bond donors (Lipinski definition) is 1. The van der Waals surface area contributed by atoms with Gasteiger partial charge >= 0.3 is 0 Å². The van der Waals surface area contributed by atoms with Crippen LogP contribution in [0.4, 0.5) is 5.82 Å². The third-order valence-electron chi connectivity index (χ3n) is 5.19. The van der Waals surface area contributed by atoms with E-state index in [2.05, 4.69) is 25.5 Å². The second-order valence-corrected chi connectivity index (χ2v) is 8.70. The van der Waals surface area contributed by atoms with Crippen molar-refractivity contribution in [2.24, 2.45) is 0 Å². The first kappa shape index (κ1) is 22.1. The average molecular weight is 444 g/mol. The van der Waals surface area contributed by atoms with Crippen molar-refractivity contribution in [3.63, 3.8) is 0 Å². The Morgan fingerprint density at radius 1 is 0.909 bits per heavy atom. The Bertz CT molecular complexity index is 1320. The van der Waals surface area contributed by atoms with Crippen molar-refractivity contribution in [1.29, 1.82) is 0 Å². The standard InChI is InChI=1S/C24H25N7O2/c1-15-20(16(2)30(28-15)17-10-7-6-8-11-17)21(32)22(33)27-19-14-18(24(3,4)5)29-31(19)23-25-12-9-13-26-23/h6-14H,1-5H3,(H,27,33). The summed E-state index contributed by atoms with van der Waals surface area (Å²) >= 11 is 0. The van der Waals surface area contributed by atoms with Crippen LogP contribution in [0.25, 0.3) is 11.6 Å². The van der Waals surface area contributed by atoms with Crippen LogP contribution in [0.1, 0.15) is 48.2 Å². The maximum atomic E-state index is 13.2. The summed E-state index contributed by atoms with van der Waals surface area (Å²) in [6, 6.07) is 12.9. The molecule has 0 bridgehead atoms. The number of anilines is 1. The minimum absolute atomic E-state index is 0.273. The third-order valence-corrected chi connectivity index (χ3v) is 5.19. The fourth-order valence-corrected chi connectivity index (χ4v) is 3.47. The minimum Gasteiger partial charge on any atom is -0.303 e. The molecule has 0 spiro atoms. The summed E-state index contributed by atoms with van der Waals surface area (Å²) in [5.74, 6) is -0.854. The van der Waals surface area contributed by atoms with Gasteiger partial charge in [0.1, 0.15) is 5.82 Å². The number of aryl methyl sites for hydroxylation is 1. The molecule has 0 atom stereocenters. The number of nitrogens with one attached hydrogen (secondary N) is 1. The van der Waals surface area contributed by atoms with Crippen molar-refractivity contribution in [3.05, 3.63) is 77.5 Å². The van der Waals surface area contributed by atoms with Crippen LogP contribution < -0.4 is 5.32 Å². The van der Waals surface area contributed by atoms with E-state index in [1.807, 2.05) is 51.1 Å². The Kier molecular flexibility index (Phi) is 5.63. The fraction of sp³-hybridized carbons (Fsp3) is 0.250. The molecule has 168 valence electrons. The van der Waals surface area contributed by atoms with E-state index in [4.69, 9.17) is 0 Å². The zero-order valence-electron chi connectivity index (χ0n) is 19.2. The van der Waals surface area contributed by atoms with E-state index in [1.54, 1.807) is 43.1 Å². The van der Waals surface area contributed by atoms with Gasteiger partial charge in [0.15, 0.2) is 0 Å². The quantitative estimate of drug-likeness (QED) is 0.373. The highest BCUT2D eigenvalue weighted by Gasteiger charge is 2.28. The number of carbonyl (C=O) groups excluding carboxylic acids is 2. The highest BCUT2D eigenvalue weighted by atomic mass is 16.2. The van der Waals surface area contributed by atoms with Crippen LogP contribution in [0.3, 0.4) is 0 Å². The monoisotopic (exact) mass is 443 g/mol. The number of aromatic nitrogens is 6. The van der Waals surface area contributed by atoms with Gasteiger partial charge < -0.3 is 5.32 Å². The van der Waals surface area contributed by atoms with Crippen LogP contribution in [0.5, 0.6) is 0 Å². The van der Waals surface area contributed by atoms with Gasteiger partial charge in [0.2, 0.25) is 0 Å². The number of carbonyl (C=O) groups is 2. The Morgan fingerprint density at radius 2 is 1.58 bits per heavy atom. The fourth-order valence-electron chi connectivity index (χ4n) is 3.47. The molecule has 1 aromatic carbocycles. The van der Waals surface area contributed by atoms with Gasteiger partial charge in [0.05, 0.1) is 28.3 Å². The molecule has 0 fully saturated rings. The molecular formula is C24H25N7O2. The maximum absolute atomic E-state index is 13.2. The van der Waals surface area contributed by atoms with Gasteiger partial charge in [-0.2, -0.15) is 14.9 Å². The Morgan fingerprint density at radius 3 is 2.21 bits per heavy atom. The topological polar surface area (TPSA) is 108 Å². The summed E-state index contributed by atoms with van der Waals surface area (Å²) in [4.78, 5) is 34.6. The van der Waals surface area contributed by atoms with E-state index in [1.165, 1.54) is 4.68 Å². The zero-order valence-corrected chi connectivity index (χ0v) is 19.2. The molecule has 3 aromatic heterocycles. The van der Waals surface area contributed by atoms with E-state index in [0.717, 1.165) is 11.4 Å². The van der Waals surface area contributed by atoms with Gasteiger partial charge in [-0.1, -0.05) is 39.0 Å². The van der Waals surface area contributed by atoms with E-state index in [-0.39, 0.29) is 11.0 Å². The molecule has 1 N–H and O–H groups in total. The molecule has 0 unspecified atom stereocenters. The summed E-state index contributed by atoms with van der Waals surface area (Å²) in [6.45, 7) is 9.51. The molecule has 0 aliphatic carbocycles. The number of rotatable bonds is 5. The number of hydrogen-bond acceptors (Lipinski definition) is 6. The lowest BCUT2D eigenvalue weighted by atomic mass is 9.92. The highest BCUT2D eigenvalue weighted by Crippen LogP contribution is 2.26. The van der Waals surface area contributed by atoms with Crippen LogP contribution in [-0.4, -0.2) is 41.2 Å². The first-order valence-electron chi connectivity index (χ1n) is 10.5. The summed E-state index contributed by atoms with van der Waals surface area (Å²) < 4.78 is 3.09. The minimum atomic E-state index is -0.786. The SMILES string of the molecule is Cc1nn(-c2ccccc2)c(C)c1C(=O)C(=O)Nc1cc(C(C)(C)C)nn1-c1ncccn1. The van der Waals surface area contributed by atoms with Crippen molar-refractivity contribution >= 4 is 17.5 Å². The van der Waals surface area contributed by atoms with E-state index in [0.29, 0.717) is 23.2 Å². The molecule has 1 amide bonds. The normalized spacial score (nSPS) is 11.4. The van der Waals surface area contributed by atoms with E-state index in [9.17, 15) is 9.59 Å². The largest absolute Gasteiger partial charge is 0.303 e. The first-order chi connectivity index (χ1) is 15.7. The number of nitrogens with zero attached hydrogens (tertiary/aromatic N) is 6. The van der Waals surface area contributed by atoms with Crippen LogP contribution in [0.2, 0.25) is 0 Å². The lowest BCUT2D eigenvalue weighted by Crippen LogP contribution is -2.25. The van der Waals surface area contributed by atoms with Crippen molar-refractivity contribution < 1.29 is 9.59 Å². The Hall–Kier alpha value is -4.14. The number of para-hydroxylation sites is 1. The molecule has 0 saturated heterocycles. The Balaban J connectivity index is 1.68. The first-order valence-corrected chi connectivity index (χ1v) is 10.5. The zero-order chi connectivity index (χ0) is 23.8. The van der Waals surface area contributed by atoms with Crippen LogP contribution in [0, 0.1) is 13.8 Å². The summed E-state index contributed by atoms with van der Waals surface area (Å²) in [5, 5.41) is 11.7. The van der Waals surface area contributed by atoms with Crippen molar-refractivity contribution in [2.75, 3.05) is 5.32 Å². The maximum Gasteiger partial charge on any atom is 0.298 e. The lowest BCUT2D eigenvalue weighted by molar-refractivity contribution is -0.112. The molecule has 4 aromatic rings. The highest BCUT2D eigenvalue weighted by molar-refractivity contribution is 6.47. The Labute approximate surface area is 191 Å². The number of ketones is 1. The van der Waals surface area contributed by atoms with Crippen molar-refractivity contribution in [1.82, 2.24) is 29.5 Å². The molecule has 9 heteroatoms. The second-order valence-electron chi connectivity index (χ2n) is 8.70. The van der Waals surface area contributed by atoms with E-state index < -0.39 is 11.7 Å². The van der Waals surface area contributed by atoms with Gasteiger partial charge in [-0.05, 0) is 32.0 Å². The van der Waals surface area contributed by atoms with Crippen molar-refractivity contribution in [2.45, 2.75) is 40.0 Å². The van der Waals surface area contributed by atoms with Crippen LogP contribution in [-0.2, 0) is 10.2 Å². The second kappa shape index (κ2) is 8.42. The molecule has 3 heterocycles. The molecule has 0 saturated carbocycles. The molecule has 9 nitrogen and oxygen atoms in total. The third kappa shape index (κ3) is 4.30. The van der Waals surface area contributed by atoms with Gasteiger partial charge in [-0.15, -0.1) is 0 Å². The van der Waals surface area contributed by atoms with Gasteiger partial charge in [-0.25, -0.2) is 14.6 Å². The molecule has 0 radical (unpaired) electrons. The van der Waals surface area contributed by atoms with Gasteiger partial charge in [0, 0.05) is 23.9 Å². The van der Waals surface area contributed by atoms with Gasteiger partial charge in [0.25, 0.3) is 17.6 Å². The van der Waals surface area contributed by atoms with Crippen LogP contribution >= 0.6 is 0 Å². The average Bonchev–Trinajstić information content (AvgIpc) is 3.35. The van der Waals surface area contributed by atoms with Crippen LogP contribution in [0.15, 0.2) is 54.9 Å². The lowest BCUT2D eigenvalue weighted by Gasteiger charge is -2.13. The predicted molar refractivity (Wildman–Crippen MR) is 124 cm³/mol. The molecular weight excluding hydrogens is 418 g/mol. The number of amides is 1. The van der Waals surface area contributed by atoms with Crippen molar-refractivity contribution in [3.8, 4) is 11.6 Å². The predicted octanol–water partition coefficient (Wildman–Crippen LogP) is 3.58. The number of benzene rings is 1. The number of Topliss-reactive ketones (excluding diaryl/α,β-unsaturated/α-hetero) is 1. The molecule has 0 aliphatic heterocycles.